The summed E-state index contributed by atoms with van der Waals surface area (Å²) >= 11 is 3.05. The first-order chi connectivity index (χ1) is 9.92. The molecule has 1 heterocycles. The highest BCUT2D eigenvalue weighted by Gasteiger charge is 2.16. The second-order valence-electron chi connectivity index (χ2n) is 4.15. The number of nitrogen functional groups attached to an aromatic ring is 1. The van der Waals surface area contributed by atoms with Gasteiger partial charge >= 0.3 is 5.91 Å². The number of benzene rings is 1. The number of hydrazine groups is 1. The fraction of sp³-hybridized carbons (Fsp3) is 0.154. The standard InChI is InChI=1S/C13H11BrF2N2O3/c1-6-7(2-11(21-6)13(19)18-17)5-20-10-4-8(14)3-9(15)12(10)16/h2-4H,5,17H2,1H3,(H,18,19). The largest absolute Gasteiger partial charge is 0.486 e. The van der Waals surface area contributed by atoms with E-state index in [4.69, 9.17) is 15.0 Å². The first-order valence-electron chi connectivity index (χ1n) is 5.80. The van der Waals surface area contributed by atoms with Gasteiger partial charge in [-0.3, -0.25) is 10.2 Å². The van der Waals surface area contributed by atoms with Crippen LogP contribution in [0.5, 0.6) is 5.75 Å². The summed E-state index contributed by atoms with van der Waals surface area (Å²) in [5, 5.41) is 0. The zero-order valence-corrected chi connectivity index (χ0v) is 12.5. The monoisotopic (exact) mass is 360 g/mol. The SMILES string of the molecule is Cc1oc(C(=O)NN)cc1COc1cc(Br)cc(F)c1F. The van der Waals surface area contributed by atoms with Crippen molar-refractivity contribution >= 4 is 21.8 Å². The van der Waals surface area contributed by atoms with Crippen LogP contribution < -0.4 is 16.0 Å². The Bertz CT molecular complexity index is 688. The highest BCUT2D eigenvalue weighted by Crippen LogP contribution is 2.26. The number of amides is 1. The van der Waals surface area contributed by atoms with Crippen LogP contribution in [0.1, 0.15) is 21.9 Å². The Morgan fingerprint density at radius 2 is 2.14 bits per heavy atom. The third-order valence-electron chi connectivity index (χ3n) is 2.72. The van der Waals surface area contributed by atoms with Crippen LogP contribution >= 0.6 is 15.9 Å². The maximum atomic E-state index is 13.5. The second kappa shape index (κ2) is 6.23. The fourth-order valence-electron chi connectivity index (χ4n) is 1.64. The Morgan fingerprint density at radius 3 is 2.81 bits per heavy atom. The Kier molecular flexibility index (Phi) is 4.59. The maximum Gasteiger partial charge on any atom is 0.300 e. The van der Waals surface area contributed by atoms with Crippen molar-refractivity contribution in [3.05, 3.63) is 51.4 Å². The zero-order valence-electron chi connectivity index (χ0n) is 10.9. The van der Waals surface area contributed by atoms with E-state index in [1.165, 1.54) is 12.1 Å². The first-order valence-corrected chi connectivity index (χ1v) is 6.59. The Morgan fingerprint density at radius 1 is 1.43 bits per heavy atom. The molecule has 0 spiro atoms. The molecule has 0 aliphatic rings. The Hall–Kier alpha value is -1.93. The van der Waals surface area contributed by atoms with Crippen molar-refractivity contribution in [1.82, 2.24) is 5.43 Å². The van der Waals surface area contributed by atoms with Crippen molar-refractivity contribution in [1.29, 1.82) is 0 Å². The van der Waals surface area contributed by atoms with Gasteiger partial charge in [-0.1, -0.05) is 15.9 Å². The molecule has 0 fully saturated rings. The van der Waals surface area contributed by atoms with Crippen molar-refractivity contribution in [2.45, 2.75) is 13.5 Å². The van der Waals surface area contributed by atoms with Crippen LogP contribution in [0.2, 0.25) is 0 Å². The number of nitrogens with one attached hydrogen (secondary N) is 1. The molecule has 21 heavy (non-hydrogen) atoms. The molecular weight excluding hydrogens is 350 g/mol. The lowest BCUT2D eigenvalue weighted by atomic mass is 10.2. The summed E-state index contributed by atoms with van der Waals surface area (Å²) in [6.45, 7) is 1.53. The minimum Gasteiger partial charge on any atom is -0.486 e. The lowest BCUT2D eigenvalue weighted by molar-refractivity contribution is 0.0924. The van der Waals surface area contributed by atoms with Crippen molar-refractivity contribution < 1.29 is 22.7 Å². The predicted octanol–water partition coefficient (Wildman–Crippen LogP) is 2.81. The summed E-state index contributed by atoms with van der Waals surface area (Å²) in [5.74, 6) is 2.48. The maximum absolute atomic E-state index is 13.5. The molecule has 1 aromatic carbocycles. The molecule has 0 bridgehead atoms. The van der Waals surface area contributed by atoms with Crippen LogP contribution in [0.3, 0.4) is 0 Å². The normalized spacial score (nSPS) is 10.5. The third kappa shape index (κ3) is 3.40. The number of hydrogen-bond acceptors (Lipinski definition) is 4. The van der Waals surface area contributed by atoms with Crippen LogP contribution in [0.25, 0.3) is 0 Å². The van der Waals surface area contributed by atoms with E-state index < -0.39 is 17.5 Å². The topological polar surface area (TPSA) is 77.5 Å². The van der Waals surface area contributed by atoms with E-state index in [1.807, 2.05) is 5.43 Å². The quantitative estimate of drug-likeness (QED) is 0.380. The third-order valence-corrected chi connectivity index (χ3v) is 3.18. The van der Waals surface area contributed by atoms with Gasteiger partial charge in [0.15, 0.2) is 17.3 Å². The van der Waals surface area contributed by atoms with Crippen LogP contribution in [0, 0.1) is 18.6 Å². The molecule has 0 saturated carbocycles. The van der Waals surface area contributed by atoms with E-state index in [-0.39, 0.29) is 18.1 Å². The van der Waals surface area contributed by atoms with E-state index in [9.17, 15) is 13.6 Å². The molecule has 5 nitrogen and oxygen atoms in total. The summed E-state index contributed by atoms with van der Waals surface area (Å²) in [6, 6.07) is 3.72. The van der Waals surface area contributed by atoms with E-state index in [0.717, 1.165) is 6.07 Å². The number of rotatable bonds is 4. The molecule has 1 aromatic heterocycles. The lowest BCUT2D eigenvalue weighted by Crippen LogP contribution is -2.29. The van der Waals surface area contributed by atoms with Gasteiger partial charge in [0.2, 0.25) is 5.82 Å². The molecule has 0 unspecified atom stereocenters. The van der Waals surface area contributed by atoms with Crippen LogP contribution in [-0.2, 0) is 6.61 Å². The summed E-state index contributed by atoms with van der Waals surface area (Å²) in [6.07, 6.45) is 0. The summed E-state index contributed by atoms with van der Waals surface area (Å²) in [5.41, 5.74) is 2.45. The van der Waals surface area contributed by atoms with Crippen molar-refractivity contribution in [2.75, 3.05) is 0 Å². The van der Waals surface area contributed by atoms with Crippen molar-refractivity contribution in [2.24, 2.45) is 5.84 Å². The van der Waals surface area contributed by atoms with Gasteiger partial charge in [-0.05, 0) is 25.1 Å². The van der Waals surface area contributed by atoms with E-state index >= 15 is 0 Å². The highest BCUT2D eigenvalue weighted by molar-refractivity contribution is 9.10. The smallest absolute Gasteiger partial charge is 0.300 e. The molecular formula is C13H11BrF2N2O3. The molecule has 0 atom stereocenters. The number of nitrogens with two attached hydrogens (primary N) is 1. The molecule has 2 aromatic rings. The molecule has 2 rings (SSSR count). The van der Waals surface area contributed by atoms with Crippen molar-refractivity contribution in [3.8, 4) is 5.75 Å². The number of carbonyl (C=O) groups excluding carboxylic acids is 1. The number of halogens is 3. The van der Waals surface area contributed by atoms with E-state index in [2.05, 4.69) is 15.9 Å². The molecule has 112 valence electrons. The van der Waals surface area contributed by atoms with E-state index in [1.54, 1.807) is 6.92 Å². The molecule has 0 saturated heterocycles. The van der Waals surface area contributed by atoms with Crippen LogP contribution in [0.15, 0.2) is 27.1 Å². The summed E-state index contributed by atoms with van der Waals surface area (Å²) < 4.78 is 37.5. The second-order valence-corrected chi connectivity index (χ2v) is 5.07. The minimum absolute atomic E-state index is 0.00879. The number of aryl methyl sites for hydroxylation is 1. The van der Waals surface area contributed by atoms with Crippen LogP contribution in [-0.4, -0.2) is 5.91 Å². The molecule has 8 heteroatoms. The molecule has 0 radical (unpaired) electrons. The molecule has 0 aliphatic carbocycles. The highest BCUT2D eigenvalue weighted by atomic mass is 79.9. The summed E-state index contributed by atoms with van der Waals surface area (Å²) in [7, 11) is 0. The number of furan rings is 1. The predicted molar refractivity (Wildman–Crippen MR) is 73.5 cm³/mol. The van der Waals surface area contributed by atoms with Crippen LogP contribution in [0.4, 0.5) is 8.78 Å². The molecule has 3 N–H and O–H groups in total. The fourth-order valence-corrected chi connectivity index (χ4v) is 2.05. The zero-order chi connectivity index (χ0) is 15.6. The lowest BCUT2D eigenvalue weighted by Gasteiger charge is -2.07. The van der Waals surface area contributed by atoms with Gasteiger partial charge in [0.1, 0.15) is 12.4 Å². The van der Waals surface area contributed by atoms with Gasteiger partial charge in [-0.25, -0.2) is 10.2 Å². The average Bonchev–Trinajstić information content (AvgIpc) is 2.81. The van der Waals surface area contributed by atoms with Gasteiger partial charge in [0.25, 0.3) is 0 Å². The van der Waals surface area contributed by atoms with Gasteiger partial charge in [-0.2, -0.15) is 4.39 Å². The van der Waals surface area contributed by atoms with Gasteiger partial charge in [-0.15, -0.1) is 0 Å². The number of hydrogen-bond donors (Lipinski definition) is 2. The Labute approximate surface area is 127 Å². The van der Waals surface area contributed by atoms with Gasteiger partial charge < -0.3 is 9.15 Å². The van der Waals surface area contributed by atoms with Crippen molar-refractivity contribution in [3.63, 3.8) is 0 Å². The van der Waals surface area contributed by atoms with Gasteiger partial charge in [0.05, 0.1) is 0 Å². The van der Waals surface area contributed by atoms with E-state index in [0.29, 0.717) is 15.8 Å². The van der Waals surface area contributed by atoms with Gasteiger partial charge in [0, 0.05) is 10.0 Å². The Balaban J connectivity index is 2.17. The summed E-state index contributed by atoms with van der Waals surface area (Å²) in [4.78, 5) is 11.3. The first kappa shape index (κ1) is 15.5. The number of carbonyl (C=O) groups is 1. The minimum atomic E-state index is -1.08. The average molecular weight is 361 g/mol. The molecule has 1 amide bonds. The molecule has 0 aliphatic heterocycles. The number of ether oxygens (including phenoxy) is 1.